The Kier molecular flexibility index (Phi) is 4.65. The lowest BCUT2D eigenvalue weighted by atomic mass is 9.75. The van der Waals surface area contributed by atoms with Gasteiger partial charge in [-0.05, 0) is 13.3 Å². The number of rotatable bonds is 3. The van der Waals surface area contributed by atoms with Gasteiger partial charge in [-0.3, -0.25) is 0 Å². The third kappa shape index (κ3) is 4.38. The molecular formula is C7H12B2. The summed E-state index contributed by atoms with van der Waals surface area (Å²) in [5.74, 6) is 0.237. The van der Waals surface area contributed by atoms with Crippen LogP contribution in [0.2, 0.25) is 5.82 Å². The van der Waals surface area contributed by atoms with Crippen LogP contribution in [0.5, 0.6) is 0 Å². The molecule has 0 heterocycles. The third-order valence-electron chi connectivity index (χ3n) is 1.39. The molecule has 0 nitrogen and oxygen atoms in total. The first-order valence-electron chi connectivity index (χ1n) is 3.37. The highest BCUT2D eigenvalue weighted by Gasteiger charge is 1.96. The topological polar surface area (TPSA) is 0 Å². The van der Waals surface area contributed by atoms with Gasteiger partial charge in [0.05, 0.1) is 7.85 Å². The lowest BCUT2D eigenvalue weighted by Gasteiger charge is -2.07. The molecule has 4 radical (unpaired) electrons. The standard InChI is InChI=1S/C7H12B2/c1-3-6(8)5-7(9)4-2/h3,7H,4-5H2,1-2H3/b6-3+. The zero-order valence-electron chi connectivity index (χ0n) is 6.22. The molecule has 0 aliphatic heterocycles. The van der Waals surface area contributed by atoms with Crippen LogP contribution < -0.4 is 0 Å². The Bertz CT molecular complexity index is 97.1. The fraction of sp³-hybridized carbons (Fsp3) is 0.714. The first kappa shape index (κ1) is 8.87. The first-order chi connectivity index (χ1) is 4.20. The van der Waals surface area contributed by atoms with Gasteiger partial charge in [0.25, 0.3) is 0 Å². The van der Waals surface area contributed by atoms with Crippen molar-refractivity contribution in [3.05, 3.63) is 11.5 Å². The summed E-state index contributed by atoms with van der Waals surface area (Å²) in [6.45, 7) is 3.99. The summed E-state index contributed by atoms with van der Waals surface area (Å²) in [4.78, 5) is 0. The predicted octanol–water partition coefficient (Wildman–Crippen LogP) is 1.82. The van der Waals surface area contributed by atoms with Crippen molar-refractivity contribution in [1.29, 1.82) is 0 Å². The van der Waals surface area contributed by atoms with Crippen molar-refractivity contribution in [3.8, 4) is 0 Å². The molecule has 0 rings (SSSR count). The van der Waals surface area contributed by atoms with Gasteiger partial charge in [0.1, 0.15) is 7.85 Å². The van der Waals surface area contributed by atoms with Crippen LogP contribution in [0, 0.1) is 0 Å². The van der Waals surface area contributed by atoms with Crippen molar-refractivity contribution in [3.63, 3.8) is 0 Å². The van der Waals surface area contributed by atoms with Crippen LogP contribution in [-0.2, 0) is 0 Å². The summed E-state index contributed by atoms with van der Waals surface area (Å²) in [5.41, 5.74) is 0.893. The summed E-state index contributed by atoms with van der Waals surface area (Å²) >= 11 is 0. The Morgan fingerprint density at radius 1 is 1.67 bits per heavy atom. The highest BCUT2D eigenvalue weighted by Crippen LogP contribution is 2.14. The monoisotopic (exact) mass is 118 g/mol. The van der Waals surface area contributed by atoms with Crippen molar-refractivity contribution < 1.29 is 0 Å². The van der Waals surface area contributed by atoms with Gasteiger partial charge in [0.2, 0.25) is 0 Å². The Morgan fingerprint density at radius 3 is 2.56 bits per heavy atom. The predicted molar refractivity (Wildman–Crippen MR) is 43.9 cm³/mol. The molecule has 2 heteroatoms. The lowest BCUT2D eigenvalue weighted by molar-refractivity contribution is 0.802. The first-order valence-corrected chi connectivity index (χ1v) is 3.37. The number of hydrogen-bond donors (Lipinski definition) is 0. The summed E-state index contributed by atoms with van der Waals surface area (Å²) in [7, 11) is 11.2. The van der Waals surface area contributed by atoms with E-state index in [9.17, 15) is 0 Å². The average Bonchev–Trinajstić information content (AvgIpc) is 1.87. The molecule has 0 bridgehead atoms. The molecule has 9 heavy (non-hydrogen) atoms. The van der Waals surface area contributed by atoms with Crippen LogP contribution >= 0.6 is 0 Å². The molecule has 0 saturated heterocycles. The highest BCUT2D eigenvalue weighted by molar-refractivity contribution is 6.22. The maximum Gasteiger partial charge on any atom is 0.107 e. The molecule has 46 valence electrons. The quantitative estimate of drug-likeness (QED) is 0.495. The van der Waals surface area contributed by atoms with E-state index >= 15 is 0 Å². The van der Waals surface area contributed by atoms with E-state index in [-0.39, 0.29) is 5.82 Å². The molecule has 0 N–H and O–H groups in total. The molecule has 0 aliphatic rings. The second-order valence-corrected chi connectivity index (χ2v) is 2.24. The molecule has 0 aromatic heterocycles. The summed E-state index contributed by atoms with van der Waals surface area (Å²) in [6.07, 6.45) is 3.72. The van der Waals surface area contributed by atoms with Gasteiger partial charge >= 0.3 is 0 Å². The van der Waals surface area contributed by atoms with E-state index in [0.29, 0.717) is 0 Å². The summed E-state index contributed by atoms with van der Waals surface area (Å²) < 4.78 is 0. The summed E-state index contributed by atoms with van der Waals surface area (Å²) in [5, 5.41) is 0. The largest absolute Gasteiger partial charge is 0.122 e. The van der Waals surface area contributed by atoms with Crippen molar-refractivity contribution >= 4 is 15.7 Å². The molecule has 0 saturated carbocycles. The fourth-order valence-electron chi connectivity index (χ4n) is 0.565. The minimum atomic E-state index is 0.237. The van der Waals surface area contributed by atoms with Crippen molar-refractivity contribution in [1.82, 2.24) is 0 Å². The second kappa shape index (κ2) is 4.72. The van der Waals surface area contributed by atoms with Gasteiger partial charge in [-0.25, -0.2) is 0 Å². The normalized spacial score (nSPS) is 15.6. The molecule has 0 aromatic rings. The third-order valence-corrected chi connectivity index (χ3v) is 1.39. The van der Waals surface area contributed by atoms with Crippen LogP contribution in [0.3, 0.4) is 0 Å². The van der Waals surface area contributed by atoms with E-state index in [4.69, 9.17) is 15.7 Å². The molecule has 0 aromatic carbocycles. The van der Waals surface area contributed by atoms with E-state index in [1.54, 1.807) is 0 Å². The maximum absolute atomic E-state index is 5.63. The van der Waals surface area contributed by atoms with E-state index in [1.807, 2.05) is 13.0 Å². The van der Waals surface area contributed by atoms with Crippen LogP contribution in [0.1, 0.15) is 26.7 Å². The van der Waals surface area contributed by atoms with Crippen molar-refractivity contribution in [2.24, 2.45) is 0 Å². The molecule has 1 atom stereocenters. The Labute approximate surface area is 60.5 Å². The van der Waals surface area contributed by atoms with E-state index in [1.165, 1.54) is 0 Å². The van der Waals surface area contributed by atoms with Gasteiger partial charge in [-0.15, -0.1) is 5.47 Å². The van der Waals surface area contributed by atoms with Crippen LogP contribution in [0.25, 0.3) is 0 Å². The Balaban J connectivity index is 3.47. The van der Waals surface area contributed by atoms with Gasteiger partial charge in [-0.2, -0.15) is 0 Å². The van der Waals surface area contributed by atoms with Crippen molar-refractivity contribution in [2.75, 3.05) is 0 Å². The van der Waals surface area contributed by atoms with E-state index in [0.717, 1.165) is 18.3 Å². The van der Waals surface area contributed by atoms with Crippen LogP contribution in [0.4, 0.5) is 0 Å². The second-order valence-electron chi connectivity index (χ2n) is 2.24. The van der Waals surface area contributed by atoms with Gasteiger partial charge in [0.15, 0.2) is 0 Å². The van der Waals surface area contributed by atoms with E-state index < -0.39 is 0 Å². The molecule has 1 unspecified atom stereocenters. The number of hydrogen-bond acceptors (Lipinski definition) is 0. The minimum absolute atomic E-state index is 0.237. The maximum atomic E-state index is 5.63. The molecule has 0 spiro atoms. The molecule has 0 amide bonds. The molecule has 0 fully saturated rings. The summed E-state index contributed by atoms with van der Waals surface area (Å²) in [6, 6.07) is 0. The zero-order valence-corrected chi connectivity index (χ0v) is 6.22. The van der Waals surface area contributed by atoms with Crippen molar-refractivity contribution in [2.45, 2.75) is 32.5 Å². The van der Waals surface area contributed by atoms with Gasteiger partial charge in [0, 0.05) is 0 Å². The van der Waals surface area contributed by atoms with E-state index in [2.05, 4.69) is 6.92 Å². The molecular weight excluding hydrogens is 106 g/mol. The number of allylic oxidation sites excluding steroid dienone is 2. The highest BCUT2D eigenvalue weighted by atomic mass is 13.9. The SMILES string of the molecule is [B]/C(=C/C)CC([B])CC. The van der Waals surface area contributed by atoms with Crippen LogP contribution in [0.15, 0.2) is 11.5 Å². The molecule has 0 aliphatic carbocycles. The van der Waals surface area contributed by atoms with Crippen LogP contribution in [-0.4, -0.2) is 15.7 Å². The smallest absolute Gasteiger partial charge is 0.107 e. The minimum Gasteiger partial charge on any atom is -0.122 e. The lowest BCUT2D eigenvalue weighted by Crippen LogP contribution is -1.92. The Morgan fingerprint density at radius 2 is 2.22 bits per heavy atom. The average molecular weight is 118 g/mol. The van der Waals surface area contributed by atoms with Gasteiger partial charge < -0.3 is 0 Å². The van der Waals surface area contributed by atoms with Gasteiger partial charge in [-0.1, -0.05) is 25.2 Å². The Hall–Kier alpha value is -0.130. The zero-order chi connectivity index (χ0) is 7.28. The fourth-order valence-corrected chi connectivity index (χ4v) is 0.565.